The number of oxazole rings is 1. The molecule has 4 aromatic rings. The van der Waals surface area contributed by atoms with E-state index in [1.54, 1.807) is 18.2 Å². The Bertz CT molecular complexity index is 1320. The van der Waals surface area contributed by atoms with Gasteiger partial charge in [-0.3, -0.25) is 14.9 Å². The van der Waals surface area contributed by atoms with Gasteiger partial charge in [-0.1, -0.05) is 23.2 Å². The number of hydrogen-bond acceptors (Lipinski definition) is 5. The second-order valence-corrected chi connectivity index (χ2v) is 7.02. The molecule has 30 heavy (non-hydrogen) atoms. The molecule has 0 aliphatic heterocycles. The largest absolute Gasteiger partial charge is 0.436 e. The number of hydrogen-bond donors (Lipinski definition) is 1. The number of halogens is 3. The van der Waals surface area contributed by atoms with Crippen LogP contribution in [0.25, 0.3) is 22.6 Å². The molecule has 1 amide bonds. The van der Waals surface area contributed by atoms with E-state index in [9.17, 15) is 19.3 Å². The first-order chi connectivity index (χ1) is 14.3. The van der Waals surface area contributed by atoms with E-state index < -0.39 is 16.6 Å². The third kappa shape index (κ3) is 3.83. The minimum atomic E-state index is -0.600. The summed E-state index contributed by atoms with van der Waals surface area (Å²) in [6.45, 7) is 0. The maximum atomic E-state index is 13.3. The first-order valence-corrected chi connectivity index (χ1v) is 9.19. The average molecular weight is 446 g/mol. The molecule has 4 rings (SSSR count). The number of fused-ring (bicyclic) bond motifs is 1. The molecular weight excluding hydrogens is 436 g/mol. The summed E-state index contributed by atoms with van der Waals surface area (Å²) < 4.78 is 18.9. The zero-order chi connectivity index (χ0) is 21.4. The van der Waals surface area contributed by atoms with Crippen LogP contribution in [-0.2, 0) is 0 Å². The summed E-state index contributed by atoms with van der Waals surface area (Å²) in [7, 11) is 0. The van der Waals surface area contributed by atoms with E-state index in [4.69, 9.17) is 27.6 Å². The summed E-state index contributed by atoms with van der Waals surface area (Å²) in [5.41, 5.74) is 1.59. The third-order valence-electron chi connectivity index (χ3n) is 4.22. The van der Waals surface area contributed by atoms with Gasteiger partial charge in [-0.05, 0) is 42.5 Å². The van der Waals surface area contributed by atoms with Gasteiger partial charge < -0.3 is 9.73 Å². The standard InChI is InChI=1S/C20H10Cl2FN3O4/c21-15-7-10(23)1-4-14(15)20-25-17-8-11(2-6-18(17)30-20)24-19(27)13-5-3-12(26(28)29)9-16(13)22/h1-9H,(H,24,27). The van der Waals surface area contributed by atoms with Crippen LogP contribution in [0.15, 0.2) is 59.0 Å². The number of benzene rings is 3. The molecule has 1 aromatic heterocycles. The molecule has 1 heterocycles. The highest BCUT2D eigenvalue weighted by Crippen LogP contribution is 2.31. The van der Waals surface area contributed by atoms with Gasteiger partial charge in [0.2, 0.25) is 5.89 Å². The molecule has 0 saturated carbocycles. The summed E-state index contributed by atoms with van der Waals surface area (Å²) >= 11 is 12.0. The van der Waals surface area contributed by atoms with Crippen molar-refractivity contribution in [3.8, 4) is 11.5 Å². The lowest BCUT2D eigenvalue weighted by Crippen LogP contribution is -2.12. The van der Waals surface area contributed by atoms with Gasteiger partial charge in [0.1, 0.15) is 11.3 Å². The molecule has 0 atom stereocenters. The number of non-ortho nitro benzene ring substituents is 1. The Kier molecular flexibility index (Phi) is 5.11. The smallest absolute Gasteiger partial charge is 0.270 e. The number of nitro groups is 1. The van der Waals surface area contributed by atoms with E-state index in [2.05, 4.69) is 10.3 Å². The summed E-state index contributed by atoms with van der Waals surface area (Å²) in [4.78, 5) is 27.0. The molecule has 0 saturated heterocycles. The van der Waals surface area contributed by atoms with Crippen LogP contribution < -0.4 is 5.32 Å². The van der Waals surface area contributed by atoms with E-state index >= 15 is 0 Å². The quantitative estimate of drug-likeness (QED) is 0.302. The van der Waals surface area contributed by atoms with Crippen LogP contribution in [-0.4, -0.2) is 15.8 Å². The van der Waals surface area contributed by atoms with Gasteiger partial charge in [-0.25, -0.2) is 9.37 Å². The molecule has 0 aliphatic carbocycles. The summed E-state index contributed by atoms with van der Waals surface area (Å²) in [5.74, 6) is -0.814. The first-order valence-electron chi connectivity index (χ1n) is 8.43. The zero-order valence-electron chi connectivity index (χ0n) is 14.9. The fourth-order valence-electron chi connectivity index (χ4n) is 2.78. The van der Waals surface area contributed by atoms with E-state index in [-0.39, 0.29) is 27.2 Å². The lowest BCUT2D eigenvalue weighted by Gasteiger charge is -2.06. The molecule has 10 heteroatoms. The zero-order valence-corrected chi connectivity index (χ0v) is 16.4. The van der Waals surface area contributed by atoms with E-state index in [1.807, 2.05) is 0 Å². The van der Waals surface area contributed by atoms with Crippen LogP contribution in [0.2, 0.25) is 10.0 Å². The maximum absolute atomic E-state index is 13.3. The van der Waals surface area contributed by atoms with Crippen molar-refractivity contribution < 1.29 is 18.5 Å². The Balaban J connectivity index is 1.61. The van der Waals surface area contributed by atoms with Gasteiger partial charge in [-0.2, -0.15) is 0 Å². The topological polar surface area (TPSA) is 98.3 Å². The van der Waals surface area contributed by atoms with Gasteiger partial charge in [0.05, 0.1) is 26.1 Å². The van der Waals surface area contributed by atoms with Crippen LogP contribution >= 0.6 is 23.2 Å². The van der Waals surface area contributed by atoms with Gasteiger partial charge in [0, 0.05) is 17.8 Å². The molecule has 7 nitrogen and oxygen atoms in total. The first kappa shape index (κ1) is 19.8. The Morgan fingerprint density at radius 2 is 1.87 bits per heavy atom. The number of aromatic nitrogens is 1. The van der Waals surface area contributed by atoms with Gasteiger partial charge in [-0.15, -0.1) is 0 Å². The molecule has 0 aliphatic rings. The van der Waals surface area contributed by atoms with Crippen molar-refractivity contribution in [3.63, 3.8) is 0 Å². The lowest BCUT2D eigenvalue weighted by atomic mass is 10.2. The number of rotatable bonds is 4. The molecule has 0 unspecified atom stereocenters. The molecular formula is C20H10Cl2FN3O4. The Morgan fingerprint density at radius 1 is 1.07 bits per heavy atom. The van der Waals surface area contributed by atoms with Crippen LogP contribution in [0, 0.1) is 15.9 Å². The SMILES string of the molecule is O=C(Nc1ccc2oc(-c3ccc(F)cc3Cl)nc2c1)c1ccc([N+](=O)[O-])cc1Cl. The minimum Gasteiger partial charge on any atom is -0.436 e. The molecule has 0 spiro atoms. The molecule has 0 bridgehead atoms. The highest BCUT2D eigenvalue weighted by atomic mass is 35.5. The Hall–Kier alpha value is -3.49. The second-order valence-electron chi connectivity index (χ2n) is 6.20. The van der Waals surface area contributed by atoms with Gasteiger partial charge >= 0.3 is 0 Å². The third-order valence-corrected chi connectivity index (χ3v) is 4.84. The lowest BCUT2D eigenvalue weighted by molar-refractivity contribution is -0.384. The van der Waals surface area contributed by atoms with E-state index in [1.165, 1.54) is 24.3 Å². The van der Waals surface area contributed by atoms with Crippen LogP contribution in [0.3, 0.4) is 0 Å². The Labute approximate surface area is 178 Å². The molecule has 150 valence electrons. The van der Waals surface area contributed by atoms with Crippen molar-refractivity contribution in [2.24, 2.45) is 0 Å². The van der Waals surface area contributed by atoms with Crippen molar-refractivity contribution in [1.29, 1.82) is 0 Å². The maximum Gasteiger partial charge on any atom is 0.270 e. The van der Waals surface area contributed by atoms with Gasteiger partial charge in [0.25, 0.3) is 11.6 Å². The van der Waals surface area contributed by atoms with Crippen LogP contribution in [0.5, 0.6) is 0 Å². The summed E-state index contributed by atoms with van der Waals surface area (Å²) in [6.07, 6.45) is 0. The van der Waals surface area contributed by atoms with Gasteiger partial charge in [0.15, 0.2) is 5.58 Å². The number of amides is 1. The number of anilines is 1. The number of carbonyl (C=O) groups excluding carboxylic acids is 1. The van der Waals surface area contributed by atoms with E-state index in [0.29, 0.717) is 22.4 Å². The summed E-state index contributed by atoms with van der Waals surface area (Å²) in [5, 5.41) is 13.6. The second kappa shape index (κ2) is 7.74. The normalized spacial score (nSPS) is 10.9. The van der Waals surface area contributed by atoms with Crippen LogP contribution in [0.4, 0.5) is 15.8 Å². The highest BCUT2D eigenvalue weighted by Gasteiger charge is 2.17. The van der Waals surface area contributed by atoms with Crippen molar-refractivity contribution in [1.82, 2.24) is 4.98 Å². The predicted octanol–water partition coefficient (Wildman–Crippen LogP) is 6.10. The molecule has 0 radical (unpaired) electrons. The summed E-state index contributed by atoms with van der Waals surface area (Å²) in [6, 6.07) is 12.2. The van der Waals surface area contributed by atoms with Crippen molar-refractivity contribution in [2.75, 3.05) is 5.32 Å². The fraction of sp³-hybridized carbons (Fsp3) is 0. The Morgan fingerprint density at radius 3 is 2.57 bits per heavy atom. The van der Waals surface area contributed by atoms with Crippen molar-refractivity contribution in [2.45, 2.75) is 0 Å². The van der Waals surface area contributed by atoms with E-state index in [0.717, 1.165) is 12.1 Å². The number of nitrogens with one attached hydrogen (secondary N) is 1. The predicted molar refractivity (Wildman–Crippen MR) is 110 cm³/mol. The molecule has 1 N–H and O–H groups in total. The minimum absolute atomic E-state index is 0.0440. The van der Waals surface area contributed by atoms with Crippen LogP contribution in [0.1, 0.15) is 10.4 Å². The fourth-order valence-corrected chi connectivity index (χ4v) is 3.29. The van der Waals surface area contributed by atoms with Crippen molar-refractivity contribution >= 4 is 51.6 Å². The number of nitro benzene ring substituents is 1. The highest BCUT2D eigenvalue weighted by molar-refractivity contribution is 6.34. The molecule has 0 fully saturated rings. The monoisotopic (exact) mass is 445 g/mol. The number of nitrogens with zero attached hydrogens (tertiary/aromatic N) is 2. The van der Waals surface area contributed by atoms with Crippen molar-refractivity contribution in [3.05, 3.63) is 86.1 Å². The average Bonchev–Trinajstić information content (AvgIpc) is 3.10. The molecule has 3 aromatic carbocycles. The number of carbonyl (C=O) groups is 1.